The van der Waals surface area contributed by atoms with Gasteiger partial charge in [0.15, 0.2) is 5.83 Å². The summed E-state index contributed by atoms with van der Waals surface area (Å²) in [6.07, 6.45) is 22.1. The lowest BCUT2D eigenvalue weighted by Gasteiger charge is -2.32. The summed E-state index contributed by atoms with van der Waals surface area (Å²) in [5.74, 6) is 1.83. The smallest absolute Gasteiger partial charge is 0.199 e. The highest BCUT2D eigenvalue weighted by Gasteiger charge is 2.24. The largest absolute Gasteiger partial charge is 0.378 e. The Labute approximate surface area is 165 Å². The summed E-state index contributed by atoms with van der Waals surface area (Å²) < 4.78 is 18.9. The minimum absolute atomic E-state index is 0.474. The fourth-order valence-corrected chi connectivity index (χ4v) is 4.66. The van der Waals surface area contributed by atoms with Crippen molar-refractivity contribution in [3.8, 4) is 6.07 Å². The molecule has 0 spiro atoms. The van der Waals surface area contributed by atoms with Crippen LogP contribution in [-0.4, -0.2) is 12.7 Å². The van der Waals surface area contributed by atoms with Crippen LogP contribution in [0.1, 0.15) is 90.4 Å². The number of unbranched alkanes of at least 4 members (excludes halogenated alkanes) is 1. The molecule has 2 fully saturated rings. The fourth-order valence-electron chi connectivity index (χ4n) is 4.66. The van der Waals surface area contributed by atoms with Crippen molar-refractivity contribution in [1.82, 2.24) is 0 Å². The molecule has 3 heteroatoms. The molecule has 0 atom stereocenters. The Hall–Kier alpha value is -1.14. The number of hydrogen-bond donors (Lipinski definition) is 0. The predicted molar refractivity (Wildman–Crippen MR) is 110 cm³/mol. The van der Waals surface area contributed by atoms with E-state index in [0.717, 1.165) is 37.2 Å². The number of rotatable bonds is 10. The Morgan fingerprint density at radius 1 is 1.00 bits per heavy atom. The molecule has 0 N–H and O–H groups in total. The van der Waals surface area contributed by atoms with Crippen LogP contribution in [0, 0.1) is 29.1 Å². The third-order valence-electron chi connectivity index (χ3n) is 6.52. The first kappa shape index (κ1) is 22.2. The minimum Gasteiger partial charge on any atom is -0.378 e. The van der Waals surface area contributed by atoms with Crippen molar-refractivity contribution in [1.29, 1.82) is 5.26 Å². The highest BCUT2D eigenvalue weighted by molar-refractivity contribution is 5.18. The molecule has 0 heterocycles. The van der Waals surface area contributed by atoms with Gasteiger partial charge in [0.1, 0.15) is 6.07 Å². The van der Waals surface area contributed by atoms with Gasteiger partial charge in [0, 0.05) is 6.61 Å². The first-order valence-electron chi connectivity index (χ1n) is 11.2. The SMILES string of the molecule is CCCCC1CCC(COC2CCC(CCC=CC=C(F)C#N)CC2)CC1. The second-order valence-corrected chi connectivity index (χ2v) is 8.64. The van der Waals surface area contributed by atoms with Crippen LogP contribution < -0.4 is 0 Å². The van der Waals surface area contributed by atoms with Crippen molar-refractivity contribution in [2.45, 2.75) is 96.5 Å². The Bertz CT molecular complexity index is 491. The molecule has 152 valence electrons. The molecule has 2 saturated carbocycles. The minimum atomic E-state index is -0.724. The van der Waals surface area contributed by atoms with E-state index in [-0.39, 0.29) is 0 Å². The van der Waals surface area contributed by atoms with Crippen LogP contribution >= 0.6 is 0 Å². The highest BCUT2D eigenvalue weighted by Crippen LogP contribution is 2.34. The van der Waals surface area contributed by atoms with E-state index in [1.807, 2.05) is 6.08 Å². The molecule has 2 rings (SSSR count). The third-order valence-corrected chi connectivity index (χ3v) is 6.52. The zero-order valence-corrected chi connectivity index (χ0v) is 17.2. The standard InChI is InChI=1S/C24H38FNO/c1-2-3-7-20-10-12-22(13-11-20)19-27-24-16-14-21(15-17-24)8-5-4-6-9-23(25)18-26/h4,6,9,20-22,24H,2-3,5,7-8,10-17,19H2,1H3. The topological polar surface area (TPSA) is 33.0 Å². The lowest BCUT2D eigenvalue weighted by Crippen LogP contribution is -2.26. The van der Waals surface area contributed by atoms with Crippen LogP contribution in [0.3, 0.4) is 0 Å². The summed E-state index contributed by atoms with van der Waals surface area (Å²) in [4.78, 5) is 0. The predicted octanol–water partition coefficient (Wildman–Crippen LogP) is 7.27. The molecule has 2 aliphatic rings. The zero-order valence-electron chi connectivity index (χ0n) is 17.2. The summed E-state index contributed by atoms with van der Waals surface area (Å²) in [7, 11) is 0. The van der Waals surface area contributed by atoms with Crippen molar-refractivity contribution in [2.75, 3.05) is 6.61 Å². The molecule has 2 nitrogen and oxygen atoms in total. The number of halogens is 1. The molecule has 0 amide bonds. The molecule has 0 aliphatic heterocycles. The van der Waals surface area contributed by atoms with E-state index in [1.54, 1.807) is 6.08 Å². The molecule has 0 aromatic heterocycles. The molecule has 0 unspecified atom stereocenters. The molecule has 0 bridgehead atoms. The Kier molecular flexibility index (Phi) is 10.8. The maximum absolute atomic E-state index is 12.7. The number of nitriles is 1. The van der Waals surface area contributed by atoms with Gasteiger partial charge in [-0.2, -0.15) is 9.65 Å². The van der Waals surface area contributed by atoms with Gasteiger partial charge < -0.3 is 4.74 Å². The zero-order chi connectivity index (χ0) is 19.3. The van der Waals surface area contributed by atoms with Gasteiger partial charge in [-0.15, -0.1) is 0 Å². The molecular weight excluding hydrogens is 337 g/mol. The van der Waals surface area contributed by atoms with E-state index in [0.29, 0.717) is 6.10 Å². The van der Waals surface area contributed by atoms with Gasteiger partial charge in [0.2, 0.25) is 0 Å². The first-order chi connectivity index (χ1) is 13.2. The van der Waals surface area contributed by atoms with Crippen LogP contribution in [0.25, 0.3) is 0 Å². The van der Waals surface area contributed by atoms with E-state index >= 15 is 0 Å². The fraction of sp³-hybridized carbons (Fsp3) is 0.792. The molecule has 0 aromatic rings. The molecule has 0 saturated heterocycles. The average Bonchev–Trinajstić information content (AvgIpc) is 2.72. The van der Waals surface area contributed by atoms with Crippen LogP contribution in [0.4, 0.5) is 4.39 Å². The lowest BCUT2D eigenvalue weighted by atomic mass is 9.80. The maximum atomic E-state index is 12.7. The maximum Gasteiger partial charge on any atom is 0.199 e. The van der Waals surface area contributed by atoms with Gasteiger partial charge in [-0.05, 0) is 75.2 Å². The van der Waals surface area contributed by atoms with E-state index in [1.165, 1.54) is 82.8 Å². The van der Waals surface area contributed by atoms with Crippen LogP contribution in [0.2, 0.25) is 0 Å². The van der Waals surface area contributed by atoms with Gasteiger partial charge in [0.05, 0.1) is 6.10 Å². The average molecular weight is 376 g/mol. The second-order valence-electron chi connectivity index (χ2n) is 8.64. The number of allylic oxidation sites excluding steroid dienone is 4. The number of nitrogens with zero attached hydrogens (tertiary/aromatic N) is 1. The van der Waals surface area contributed by atoms with Gasteiger partial charge in [-0.25, -0.2) is 0 Å². The van der Waals surface area contributed by atoms with Crippen molar-refractivity contribution >= 4 is 0 Å². The summed E-state index contributed by atoms with van der Waals surface area (Å²) in [6.45, 7) is 3.27. The van der Waals surface area contributed by atoms with Gasteiger partial charge in [-0.3, -0.25) is 0 Å². The Morgan fingerprint density at radius 2 is 1.63 bits per heavy atom. The molecule has 0 radical (unpaired) electrons. The molecular formula is C24H38FNO. The Morgan fingerprint density at radius 3 is 2.30 bits per heavy atom. The molecule has 2 aliphatic carbocycles. The summed E-state index contributed by atoms with van der Waals surface area (Å²) in [5.41, 5.74) is 0. The van der Waals surface area contributed by atoms with Crippen LogP contribution in [-0.2, 0) is 4.74 Å². The number of ether oxygens (including phenoxy) is 1. The highest BCUT2D eigenvalue weighted by atomic mass is 19.1. The molecule has 27 heavy (non-hydrogen) atoms. The van der Waals surface area contributed by atoms with E-state index in [2.05, 4.69) is 6.92 Å². The first-order valence-corrected chi connectivity index (χ1v) is 11.2. The van der Waals surface area contributed by atoms with Gasteiger partial charge in [-0.1, -0.05) is 51.2 Å². The van der Waals surface area contributed by atoms with Crippen molar-refractivity contribution in [3.05, 3.63) is 24.1 Å². The van der Waals surface area contributed by atoms with Crippen LogP contribution in [0.15, 0.2) is 24.1 Å². The van der Waals surface area contributed by atoms with Crippen molar-refractivity contribution < 1.29 is 9.13 Å². The monoisotopic (exact) mass is 375 g/mol. The molecule has 0 aromatic carbocycles. The summed E-state index contributed by atoms with van der Waals surface area (Å²) in [6, 6.07) is 1.48. The second kappa shape index (κ2) is 13.1. The van der Waals surface area contributed by atoms with E-state index in [4.69, 9.17) is 10.00 Å². The quantitative estimate of drug-likeness (QED) is 0.297. The van der Waals surface area contributed by atoms with Crippen LogP contribution in [0.5, 0.6) is 0 Å². The third kappa shape index (κ3) is 9.06. The summed E-state index contributed by atoms with van der Waals surface area (Å²) >= 11 is 0. The van der Waals surface area contributed by atoms with Gasteiger partial charge in [0.25, 0.3) is 0 Å². The van der Waals surface area contributed by atoms with Crippen molar-refractivity contribution in [2.24, 2.45) is 17.8 Å². The Balaban J connectivity index is 1.52. The normalized spacial score (nSPS) is 29.7. The van der Waals surface area contributed by atoms with Gasteiger partial charge >= 0.3 is 0 Å². The number of hydrogen-bond acceptors (Lipinski definition) is 2. The summed E-state index contributed by atoms with van der Waals surface area (Å²) in [5, 5.41) is 8.35. The van der Waals surface area contributed by atoms with Crippen molar-refractivity contribution in [3.63, 3.8) is 0 Å². The van der Waals surface area contributed by atoms with E-state index < -0.39 is 5.83 Å². The van der Waals surface area contributed by atoms with E-state index in [9.17, 15) is 4.39 Å². The lowest BCUT2D eigenvalue weighted by molar-refractivity contribution is -0.0102.